The normalized spacial score (nSPS) is 15.3. The number of halogens is 1. The Bertz CT molecular complexity index is 1430. The van der Waals surface area contributed by atoms with Crippen molar-refractivity contribution in [1.29, 1.82) is 5.26 Å². The number of carbonyl (C=O) groups is 1. The van der Waals surface area contributed by atoms with Crippen molar-refractivity contribution in [3.8, 4) is 11.8 Å². The lowest BCUT2D eigenvalue weighted by atomic mass is 10.1. The summed E-state index contributed by atoms with van der Waals surface area (Å²) >= 11 is 0. The van der Waals surface area contributed by atoms with Crippen LogP contribution in [-0.2, 0) is 14.5 Å². The number of anilines is 2. The van der Waals surface area contributed by atoms with Crippen molar-refractivity contribution in [2.75, 3.05) is 23.4 Å². The zero-order chi connectivity index (χ0) is 25.0. The minimum atomic E-state index is -2.22. The Balaban J connectivity index is 1.67. The van der Waals surface area contributed by atoms with Gasteiger partial charge in [-0.05, 0) is 56.5 Å². The monoisotopic (exact) mass is 496 g/mol. The van der Waals surface area contributed by atoms with E-state index in [-0.39, 0.29) is 12.3 Å². The van der Waals surface area contributed by atoms with Gasteiger partial charge < -0.3 is 15.4 Å². The highest BCUT2D eigenvalue weighted by molar-refractivity contribution is 7.93. The van der Waals surface area contributed by atoms with Crippen LogP contribution < -0.4 is 15.4 Å². The van der Waals surface area contributed by atoms with E-state index in [2.05, 4.69) is 25.0 Å². The number of hydrogen-bond acceptors (Lipinski definition) is 8. The van der Waals surface area contributed by atoms with Gasteiger partial charge in [-0.1, -0.05) is 0 Å². The number of nitrogens with zero attached hydrogens (tertiary/aromatic N) is 4. The van der Waals surface area contributed by atoms with Gasteiger partial charge in [0.2, 0.25) is 0 Å². The molecule has 0 spiro atoms. The summed E-state index contributed by atoms with van der Waals surface area (Å²) in [5, 5.41) is 14.9. The molecule has 0 aliphatic carbocycles. The lowest BCUT2D eigenvalue weighted by Crippen LogP contribution is -2.36. The van der Waals surface area contributed by atoms with Crippen LogP contribution in [0.5, 0.6) is 5.75 Å². The minimum Gasteiger partial charge on any atom is -0.479 e. The van der Waals surface area contributed by atoms with Gasteiger partial charge in [-0.2, -0.15) is 9.62 Å². The molecule has 9 nitrogen and oxygen atoms in total. The summed E-state index contributed by atoms with van der Waals surface area (Å²) in [6, 6.07) is 9.38. The number of ether oxygens (including phenoxy) is 1. The molecule has 182 valence electrons. The zero-order valence-corrected chi connectivity index (χ0v) is 20.2. The average Bonchev–Trinajstić information content (AvgIpc) is 3.24. The molecule has 1 fully saturated rings. The van der Waals surface area contributed by atoms with E-state index in [1.807, 2.05) is 19.1 Å². The van der Waals surface area contributed by atoms with Gasteiger partial charge in [-0.25, -0.2) is 18.6 Å². The molecule has 0 saturated carbocycles. The first-order chi connectivity index (χ1) is 16.8. The molecule has 2 N–H and O–H groups in total. The van der Waals surface area contributed by atoms with E-state index < -0.39 is 27.6 Å². The van der Waals surface area contributed by atoms with Crippen molar-refractivity contribution in [1.82, 2.24) is 15.3 Å². The second-order valence-corrected chi connectivity index (χ2v) is 10.8. The maximum atomic E-state index is 14.0. The summed E-state index contributed by atoms with van der Waals surface area (Å²) in [5.74, 6) is 0.760. The van der Waals surface area contributed by atoms with Gasteiger partial charge in [0, 0.05) is 23.0 Å². The third-order valence-corrected chi connectivity index (χ3v) is 7.98. The Morgan fingerprint density at radius 1 is 1.29 bits per heavy atom. The van der Waals surface area contributed by atoms with E-state index >= 15 is 0 Å². The molecule has 35 heavy (non-hydrogen) atoms. The third-order valence-electron chi connectivity index (χ3n) is 5.58. The summed E-state index contributed by atoms with van der Waals surface area (Å²) in [5.41, 5.74) is 2.47. The van der Waals surface area contributed by atoms with Crippen molar-refractivity contribution >= 4 is 43.7 Å². The van der Waals surface area contributed by atoms with Crippen LogP contribution in [0, 0.1) is 24.1 Å². The van der Waals surface area contributed by atoms with Crippen LogP contribution in [0.3, 0.4) is 0 Å². The number of rotatable bonds is 7. The fraction of sp³-hybridized carbons (Fsp3) is 0.333. The second kappa shape index (κ2) is 10.2. The fourth-order valence-corrected chi connectivity index (χ4v) is 6.09. The van der Waals surface area contributed by atoms with E-state index in [0.29, 0.717) is 34.2 Å². The Morgan fingerprint density at radius 2 is 2.06 bits per heavy atom. The van der Waals surface area contributed by atoms with Gasteiger partial charge in [-0.15, -0.1) is 0 Å². The van der Waals surface area contributed by atoms with Crippen molar-refractivity contribution < 1.29 is 18.1 Å². The molecule has 1 amide bonds. The van der Waals surface area contributed by atoms with Gasteiger partial charge in [0.05, 0.1) is 32.7 Å². The Morgan fingerprint density at radius 3 is 2.80 bits per heavy atom. The Labute approximate surface area is 202 Å². The van der Waals surface area contributed by atoms with E-state index in [1.165, 1.54) is 31.5 Å². The standard InChI is InChI=1S/C24H25FN6O3S/c1-15-11-18(31-35(33)9-3-4-10-35)13-20-22(15)23(29-14-28-20)30-19-6-5-17(25)12-21(19)34-16(2)24(32)27-8-7-26/h5-6,11-14,16H,3-4,8-10H2,1-2H3,(H,27,32)(H,28,29,30)/t16-/m1/s1. The smallest absolute Gasteiger partial charge is 0.261 e. The number of carbonyl (C=O) groups excluding carboxylic acids is 1. The summed E-state index contributed by atoms with van der Waals surface area (Å²) in [6.45, 7) is 3.24. The van der Waals surface area contributed by atoms with Crippen LogP contribution in [0.1, 0.15) is 25.3 Å². The van der Waals surface area contributed by atoms with Crippen molar-refractivity contribution in [3.05, 3.63) is 48.0 Å². The predicted octanol–water partition coefficient (Wildman–Crippen LogP) is 4.12. The quantitative estimate of drug-likeness (QED) is 0.471. The second-order valence-electron chi connectivity index (χ2n) is 8.26. The number of nitrogens with one attached hydrogen (secondary N) is 2. The molecule has 1 aliphatic rings. The first-order valence-corrected chi connectivity index (χ1v) is 13.0. The number of aryl methyl sites for hydroxylation is 1. The van der Waals surface area contributed by atoms with E-state index in [4.69, 9.17) is 10.00 Å². The number of nitriles is 1. The highest BCUT2D eigenvalue weighted by Gasteiger charge is 2.19. The van der Waals surface area contributed by atoms with E-state index in [1.54, 1.807) is 6.07 Å². The van der Waals surface area contributed by atoms with Crippen LogP contribution >= 0.6 is 0 Å². The molecule has 11 heteroatoms. The minimum absolute atomic E-state index is 0.110. The Kier molecular flexibility index (Phi) is 7.12. The van der Waals surface area contributed by atoms with Crippen molar-refractivity contribution in [3.63, 3.8) is 0 Å². The number of aromatic nitrogens is 2. The number of fused-ring (bicyclic) bond motifs is 1. The van der Waals surface area contributed by atoms with Crippen molar-refractivity contribution in [2.45, 2.75) is 32.8 Å². The summed E-state index contributed by atoms with van der Waals surface area (Å²) in [6.07, 6.45) is 2.28. The molecule has 4 rings (SSSR count). The molecule has 1 atom stereocenters. The number of amides is 1. The van der Waals surface area contributed by atoms with Crippen LogP contribution in [0.4, 0.5) is 21.6 Å². The summed E-state index contributed by atoms with van der Waals surface area (Å²) in [4.78, 5) is 20.8. The van der Waals surface area contributed by atoms with Crippen LogP contribution in [0.25, 0.3) is 10.9 Å². The summed E-state index contributed by atoms with van der Waals surface area (Å²) < 4.78 is 37.1. The maximum Gasteiger partial charge on any atom is 0.261 e. The first-order valence-electron chi connectivity index (χ1n) is 11.1. The highest BCUT2D eigenvalue weighted by Crippen LogP contribution is 2.34. The number of benzene rings is 2. The lowest BCUT2D eigenvalue weighted by molar-refractivity contribution is -0.126. The summed E-state index contributed by atoms with van der Waals surface area (Å²) in [7, 11) is -2.22. The lowest BCUT2D eigenvalue weighted by Gasteiger charge is -2.18. The van der Waals surface area contributed by atoms with Gasteiger partial charge in [-0.3, -0.25) is 4.79 Å². The molecule has 2 aromatic carbocycles. The van der Waals surface area contributed by atoms with E-state index in [9.17, 15) is 13.4 Å². The molecule has 0 bridgehead atoms. The topological polar surface area (TPSA) is 129 Å². The largest absolute Gasteiger partial charge is 0.479 e. The molecule has 1 saturated heterocycles. The fourth-order valence-electron chi connectivity index (χ4n) is 3.90. The maximum absolute atomic E-state index is 14.0. The van der Waals surface area contributed by atoms with Gasteiger partial charge in [0.25, 0.3) is 5.91 Å². The average molecular weight is 497 g/mol. The zero-order valence-electron chi connectivity index (χ0n) is 19.4. The van der Waals surface area contributed by atoms with Gasteiger partial charge in [0.1, 0.15) is 30.3 Å². The Hall–Kier alpha value is -3.78. The molecule has 1 aromatic heterocycles. The molecule has 0 unspecified atom stereocenters. The number of hydrogen-bond donors (Lipinski definition) is 2. The van der Waals surface area contributed by atoms with Crippen molar-refractivity contribution in [2.24, 2.45) is 4.36 Å². The molecular formula is C24H25FN6O3S. The highest BCUT2D eigenvalue weighted by atomic mass is 32.2. The molecule has 2 heterocycles. The predicted molar refractivity (Wildman–Crippen MR) is 132 cm³/mol. The molecule has 0 radical (unpaired) electrons. The molecular weight excluding hydrogens is 471 g/mol. The van der Waals surface area contributed by atoms with Gasteiger partial charge in [0.15, 0.2) is 6.10 Å². The SMILES string of the molecule is Cc1cc(N=S2(=O)CCCC2)cc2ncnc(Nc3ccc(F)cc3O[C@H](C)C(=O)NCC#N)c12. The van der Waals surface area contributed by atoms with E-state index in [0.717, 1.165) is 23.8 Å². The van der Waals surface area contributed by atoms with Crippen LogP contribution in [0.2, 0.25) is 0 Å². The molecule has 1 aliphatic heterocycles. The van der Waals surface area contributed by atoms with Crippen LogP contribution in [0.15, 0.2) is 41.0 Å². The third kappa shape index (κ3) is 5.66. The van der Waals surface area contributed by atoms with Gasteiger partial charge >= 0.3 is 0 Å². The molecule has 3 aromatic rings. The van der Waals surface area contributed by atoms with Crippen LogP contribution in [-0.4, -0.2) is 44.2 Å². The first kappa shape index (κ1) is 24.3.